The molecule has 0 aromatic heterocycles. The van der Waals surface area contributed by atoms with E-state index >= 15 is 0 Å². The summed E-state index contributed by atoms with van der Waals surface area (Å²) in [6.45, 7) is 10.7. The van der Waals surface area contributed by atoms with Crippen LogP contribution in [0.5, 0.6) is 0 Å². The van der Waals surface area contributed by atoms with Crippen LogP contribution >= 0.6 is 0 Å². The van der Waals surface area contributed by atoms with Gasteiger partial charge in [0.1, 0.15) is 0 Å². The van der Waals surface area contributed by atoms with Crippen molar-refractivity contribution < 1.29 is 0 Å². The van der Waals surface area contributed by atoms with Gasteiger partial charge in [0.2, 0.25) is 0 Å². The number of allylic oxidation sites excluding steroid dienone is 1. The van der Waals surface area contributed by atoms with Crippen LogP contribution in [0.1, 0.15) is 40.3 Å². The molecule has 0 heterocycles. The minimum Gasteiger partial charge on any atom is -0.261 e. The zero-order valence-electron chi connectivity index (χ0n) is 33.1. The maximum atomic E-state index is 4.99. The normalized spacial score (nSPS) is 12.9. The predicted octanol–water partition coefficient (Wildman–Crippen LogP) is 12.3. The largest absolute Gasteiger partial charge is 0.261 e. The summed E-state index contributed by atoms with van der Waals surface area (Å²) in [5.41, 5.74) is 8.89. The Morgan fingerprint density at radius 3 is 1.54 bits per heavy atom. The molecule has 7 rings (SSSR count). The van der Waals surface area contributed by atoms with Crippen molar-refractivity contribution >= 4 is 53.6 Å². The van der Waals surface area contributed by atoms with Gasteiger partial charge in [0.25, 0.3) is 0 Å². The number of rotatable bonds is 11. The molecular formula is C53H44N6. The summed E-state index contributed by atoms with van der Waals surface area (Å²) >= 11 is 0. The van der Waals surface area contributed by atoms with Crippen molar-refractivity contribution in [3.8, 4) is 11.1 Å². The smallest absolute Gasteiger partial charge is 0.161 e. The molecule has 0 aliphatic heterocycles. The van der Waals surface area contributed by atoms with Gasteiger partial charge in [-0.25, -0.2) is 20.0 Å². The van der Waals surface area contributed by atoms with Crippen LogP contribution in [0.25, 0.3) is 28.0 Å². The predicted molar refractivity (Wildman–Crippen MR) is 251 cm³/mol. The fraction of sp³-hybridized carbons (Fsp3) is 0.0566. The highest BCUT2D eigenvalue weighted by Gasteiger charge is 2.11. The number of benzene rings is 7. The minimum atomic E-state index is 0.489. The van der Waals surface area contributed by atoms with E-state index in [2.05, 4.69) is 114 Å². The first-order chi connectivity index (χ1) is 29.1. The van der Waals surface area contributed by atoms with Crippen LogP contribution in [-0.2, 0) is 13.1 Å². The van der Waals surface area contributed by atoms with E-state index in [9.17, 15) is 0 Å². The van der Waals surface area contributed by atoms with Crippen molar-refractivity contribution in [2.24, 2.45) is 30.0 Å². The lowest BCUT2D eigenvalue weighted by atomic mass is 9.98. The van der Waals surface area contributed by atoms with Gasteiger partial charge >= 0.3 is 0 Å². The van der Waals surface area contributed by atoms with Crippen LogP contribution in [0.3, 0.4) is 0 Å². The molecule has 0 saturated heterocycles. The second-order valence-electron chi connectivity index (χ2n) is 13.7. The summed E-state index contributed by atoms with van der Waals surface area (Å²) in [5, 5.41) is 2.25. The first-order valence-electron chi connectivity index (χ1n) is 19.5. The van der Waals surface area contributed by atoms with Gasteiger partial charge in [0, 0.05) is 22.3 Å². The van der Waals surface area contributed by atoms with Crippen LogP contribution in [0.15, 0.2) is 230 Å². The van der Waals surface area contributed by atoms with Crippen molar-refractivity contribution in [3.05, 3.63) is 233 Å². The molecule has 0 aliphatic rings. The third-order valence-electron chi connectivity index (χ3n) is 9.56. The van der Waals surface area contributed by atoms with Gasteiger partial charge in [0.05, 0.1) is 13.1 Å². The highest BCUT2D eigenvalue weighted by atomic mass is 15.0. The Labute approximate surface area is 346 Å². The molecule has 0 spiro atoms. The Bertz CT molecular complexity index is 2710. The molecule has 0 radical (unpaired) electrons. The number of aliphatic imine (C=N–C) groups is 6. The quantitative estimate of drug-likeness (QED) is 0.0715. The molecule has 0 N–H and O–H groups in total. The van der Waals surface area contributed by atoms with Gasteiger partial charge < -0.3 is 0 Å². The van der Waals surface area contributed by atoms with Gasteiger partial charge in [-0.3, -0.25) is 9.98 Å². The minimum absolute atomic E-state index is 0.489. The Hall–Kier alpha value is -7.70. The molecule has 286 valence electrons. The first kappa shape index (κ1) is 39.5. The summed E-state index contributed by atoms with van der Waals surface area (Å²) in [7, 11) is 0. The molecule has 7 aromatic carbocycles. The molecule has 0 fully saturated rings. The van der Waals surface area contributed by atoms with Crippen molar-refractivity contribution in [2.45, 2.75) is 20.0 Å². The first-order valence-corrected chi connectivity index (χ1v) is 19.5. The summed E-state index contributed by atoms with van der Waals surface area (Å²) in [6.07, 6.45) is 6.08. The summed E-state index contributed by atoms with van der Waals surface area (Å²) in [6, 6.07) is 61.5. The highest BCUT2D eigenvalue weighted by molar-refractivity contribution is 6.15. The Balaban J connectivity index is 1.19. The zero-order chi connectivity index (χ0) is 40.7. The second kappa shape index (κ2) is 19.9. The van der Waals surface area contributed by atoms with E-state index in [-0.39, 0.29) is 0 Å². The van der Waals surface area contributed by atoms with Crippen molar-refractivity contribution in [1.82, 2.24) is 0 Å². The lowest BCUT2D eigenvalue weighted by Gasteiger charge is -2.09. The van der Waals surface area contributed by atoms with E-state index in [0.29, 0.717) is 36.4 Å². The molecule has 0 amide bonds. The van der Waals surface area contributed by atoms with Crippen molar-refractivity contribution in [1.29, 1.82) is 0 Å². The van der Waals surface area contributed by atoms with E-state index in [4.69, 9.17) is 20.0 Å². The fourth-order valence-corrected chi connectivity index (χ4v) is 6.53. The molecule has 59 heavy (non-hydrogen) atoms. The zero-order valence-corrected chi connectivity index (χ0v) is 33.1. The molecule has 0 unspecified atom stereocenters. The summed E-state index contributed by atoms with van der Waals surface area (Å²) < 4.78 is 0. The molecule has 0 aliphatic carbocycles. The number of hydrogen-bond donors (Lipinski definition) is 0. The molecule has 0 saturated carbocycles. The van der Waals surface area contributed by atoms with Gasteiger partial charge in [-0.15, -0.1) is 0 Å². The van der Waals surface area contributed by atoms with Crippen LogP contribution in [0.4, 0.5) is 0 Å². The second-order valence-corrected chi connectivity index (χ2v) is 13.7. The van der Waals surface area contributed by atoms with Gasteiger partial charge in [-0.2, -0.15) is 0 Å². The average molecular weight is 765 g/mol. The number of nitrogens with zero attached hydrogens (tertiary/aromatic N) is 6. The van der Waals surface area contributed by atoms with Gasteiger partial charge in [-0.05, 0) is 77.2 Å². The molecule has 6 heteroatoms. The van der Waals surface area contributed by atoms with E-state index in [0.717, 1.165) is 60.9 Å². The number of fused-ring (bicyclic) bond motifs is 1. The van der Waals surface area contributed by atoms with Crippen LogP contribution < -0.4 is 0 Å². The average Bonchev–Trinajstić information content (AvgIpc) is 3.30. The van der Waals surface area contributed by atoms with Crippen LogP contribution in [-0.4, -0.2) is 36.8 Å². The third kappa shape index (κ3) is 10.6. The Kier molecular flexibility index (Phi) is 13.4. The van der Waals surface area contributed by atoms with Gasteiger partial charge in [0.15, 0.2) is 23.3 Å². The van der Waals surface area contributed by atoms with Crippen LogP contribution in [0.2, 0.25) is 0 Å². The fourth-order valence-electron chi connectivity index (χ4n) is 6.53. The Morgan fingerprint density at radius 1 is 0.475 bits per heavy atom. The number of hydrogen-bond acceptors (Lipinski definition) is 2. The number of amidine groups is 4. The highest BCUT2D eigenvalue weighted by Crippen LogP contribution is 2.27. The van der Waals surface area contributed by atoms with Crippen LogP contribution in [0, 0.1) is 0 Å². The lowest BCUT2D eigenvalue weighted by molar-refractivity contribution is 1.06. The standard InChI is InChI=1S/C53H44N6/c1-4-17-48(51(55-3)59-52(45-24-15-8-16-25-45)56-37-39-18-9-5-10-19-39)34-41-26-27-43-30-33-47(36-49(43)35-41)42-28-31-46(32-29-42)53(57-38-40-20-11-6-12-21-40)58-50(54-2)44-22-13-7-14-23-44/h4-36H,2-3,37-38H2,1H3/b17-4-,48-34+,56-52-,57-53-,58-50-,59-51-. The topological polar surface area (TPSA) is 74.2 Å². The molecule has 0 atom stereocenters. The summed E-state index contributed by atoms with van der Waals surface area (Å²) in [4.78, 5) is 28.4. The molecule has 0 bridgehead atoms. The molecule has 6 nitrogen and oxygen atoms in total. The maximum Gasteiger partial charge on any atom is 0.161 e. The summed E-state index contributed by atoms with van der Waals surface area (Å²) in [5.74, 6) is 2.20. The Morgan fingerprint density at radius 2 is 0.983 bits per heavy atom. The van der Waals surface area contributed by atoms with Crippen molar-refractivity contribution in [2.75, 3.05) is 0 Å². The van der Waals surface area contributed by atoms with E-state index < -0.39 is 0 Å². The van der Waals surface area contributed by atoms with Crippen molar-refractivity contribution in [3.63, 3.8) is 0 Å². The maximum absolute atomic E-state index is 4.99. The van der Waals surface area contributed by atoms with E-state index in [1.54, 1.807) is 0 Å². The lowest BCUT2D eigenvalue weighted by Crippen LogP contribution is -2.06. The SMILES string of the molecule is C=NC(=N\C(=N/Cc1ccccc1)c1ccccc1)/C(/C=C\C)=C/c1ccc2ccc(-c3ccc(C(/N=C(\N=C)c4ccccc4)=N/Cc4ccccc4)cc3)cc2c1. The third-order valence-corrected chi connectivity index (χ3v) is 9.56. The van der Waals surface area contributed by atoms with Gasteiger partial charge in [-0.1, -0.05) is 182 Å². The monoisotopic (exact) mass is 764 g/mol. The van der Waals surface area contributed by atoms with E-state index in [1.165, 1.54) is 0 Å². The molecular weight excluding hydrogens is 721 g/mol. The van der Waals surface area contributed by atoms with E-state index in [1.807, 2.05) is 116 Å². The molecule has 7 aromatic rings.